The third-order valence-corrected chi connectivity index (χ3v) is 6.19. The van der Waals surface area contributed by atoms with Crippen molar-refractivity contribution >= 4 is 33.3 Å². The van der Waals surface area contributed by atoms with Crippen LogP contribution >= 0.6 is 0 Å². The van der Waals surface area contributed by atoms with Crippen LogP contribution in [0.1, 0.15) is 22.3 Å². The monoisotopic (exact) mass is 428 g/mol. The number of rotatable bonds is 4. The fraction of sp³-hybridized carbons (Fsp3) is 0.222. The zero-order valence-corrected chi connectivity index (χ0v) is 15.5. The molecule has 0 saturated heterocycles. The summed E-state index contributed by atoms with van der Waals surface area (Å²) in [4.78, 5) is 21.9. The summed E-state index contributed by atoms with van der Waals surface area (Å²) in [6, 6.07) is 8.49. The lowest BCUT2D eigenvalue weighted by atomic mass is 10.0. The lowest BCUT2D eigenvalue weighted by Crippen LogP contribution is -2.35. The summed E-state index contributed by atoms with van der Waals surface area (Å²) < 4.78 is 64.1. The third kappa shape index (κ3) is 4.19. The number of benzene rings is 2. The highest BCUT2D eigenvalue weighted by Crippen LogP contribution is 2.33. The largest absolute Gasteiger partial charge is 0.478 e. The van der Waals surface area contributed by atoms with Gasteiger partial charge in [-0.3, -0.25) is 9.10 Å². The molecule has 0 radical (unpaired) electrons. The van der Waals surface area contributed by atoms with E-state index < -0.39 is 28.1 Å². The Morgan fingerprint density at radius 1 is 1.07 bits per heavy atom. The van der Waals surface area contributed by atoms with Gasteiger partial charge in [-0.25, -0.2) is 13.2 Å². The van der Waals surface area contributed by atoms with Crippen LogP contribution in [0.25, 0.3) is 0 Å². The van der Waals surface area contributed by atoms with Gasteiger partial charge in [0, 0.05) is 12.2 Å². The molecular formula is C18H15F3N2O5S. The lowest BCUT2D eigenvalue weighted by molar-refractivity contribution is -0.167. The molecule has 1 heterocycles. The molecule has 0 bridgehead atoms. The van der Waals surface area contributed by atoms with E-state index in [1.54, 1.807) is 5.32 Å². The van der Waals surface area contributed by atoms with Gasteiger partial charge >= 0.3 is 18.1 Å². The second-order valence-corrected chi connectivity index (χ2v) is 8.17. The van der Waals surface area contributed by atoms with Crippen LogP contribution in [0.2, 0.25) is 0 Å². The lowest BCUT2D eigenvalue weighted by Gasteiger charge is -2.30. The van der Waals surface area contributed by atoms with Crippen molar-refractivity contribution < 1.29 is 36.3 Å². The van der Waals surface area contributed by atoms with Crippen LogP contribution in [-0.4, -0.2) is 38.1 Å². The Balaban J connectivity index is 1.89. The Morgan fingerprint density at radius 2 is 1.72 bits per heavy atom. The van der Waals surface area contributed by atoms with Crippen LogP contribution in [0, 0.1) is 0 Å². The zero-order valence-electron chi connectivity index (χ0n) is 14.7. The molecule has 2 N–H and O–H groups in total. The van der Waals surface area contributed by atoms with Crippen LogP contribution < -0.4 is 9.62 Å². The first-order valence-electron chi connectivity index (χ1n) is 8.37. The van der Waals surface area contributed by atoms with Crippen molar-refractivity contribution in [1.29, 1.82) is 0 Å². The number of sulfonamides is 1. The number of hydrogen-bond donors (Lipinski definition) is 2. The number of nitrogens with zero attached hydrogens (tertiary/aromatic N) is 1. The number of halogens is 3. The summed E-state index contributed by atoms with van der Waals surface area (Å²) in [6.07, 6.45) is -4.06. The molecule has 0 unspecified atom stereocenters. The highest BCUT2D eigenvalue weighted by atomic mass is 32.2. The van der Waals surface area contributed by atoms with Crippen molar-refractivity contribution in [2.24, 2.45) is 0 Å². The second-order valence-electron chi connectivity index (χ2n) is 6.31. The van der Waals surface area contributed by atoms with Crippen LogP contribution in [0.4, 0.5) is 24.5 Å². The van der Waals surface area contributed by atoms with Crippen molar-refractivity contribution in [3.05, 3.63) is 53.6 Å². The van der Waals surface area contributed by atoms with E-state index in [0.717, 1.165) is 28.6 Å². The maximum atomic E-state index is 13.0. The van der Waals surface area contributed by atoms with Gasteiger partial charge in [0.15, 0.2) is 0 Å². The van der Waals surface area contributed by atoms with E-state index in [0.29, 0.717) is 24.1 Å². The number of aromatic carboxylic acids is 1. The smallest absolute Gasteiger partial charge is 0.471 e. The molecule has 7 nitrogen and oxygen atoms in total. The van der Waals surface area contributed by atoms with Gasteiger partial charge in [-0.15, -0.1) is 0 Å². The summed E-state index contributed by atoms with van der Waals surface area (Å²) in [5.74, 6) is -3.28. The van der Waals surface area contributed by atoms with Gasteiger partial charge in [0.2, 0.25) is 0 Å². The Hall–Kier alpha value is -3.08. The van der Waals surface area contributed by atoms with E-state index in [1.165, 1.54) is 18.2 Å². The molecule has 0 aromatic heterocycles. The van der Waals surface area contributed by atoms with Gasteiger partial charge in [0.25, 0.3) is 10.0 Å². The molecule has 1 amide bonds. The Kier molecular flexibility index (Phi) is 5.26. The standard InChI is InChI=1S/C18H15F3N2O5S/c19-18(20,21)17(26)22-13-4-6-14(7-5-13)29(27,28)23-9-1-2-11-10-12(16(24)25)3-8-15(11)23/h3-8,10H,1-2,9H2,(H,22,26)(H,24,25). The topological polar surface area (TPSA) is 104 Å². The Bertz CT molecular complexity index is 1070. The number of carbonyl (C=O) groups excluding carboxylic acids is 1. The zero-order chi connectivity index (χ0) is 21.4. The number of carbonyl (C=O) groups is 2. The number of aryl methyl sites for hydroxylation is 1. The van der Waals surface area contributed by atoms with Gasteiger partial charge < -0.3 is 10.4 Å². The van der Waals surface area contributed by atoms with E-state index in [2.05, 4.69) is 0 Å². The number of anilines is 2. The number of alkyl halides is 3. The highest BCUT2D eigenvalue weighted by molar-refractivity contribution is 7.92. The summed E-state index contributed by atoms with van der Waals surface area (Å²) in [5, 5.41) is 10.7. The van der Waals surface area contributed by atoms with Gasteiger partial charge in [-0.05, 0) is 60.9 Å². The van der Waals surface area contributed by atoms with Crippen molar-refractivity contribution in [2.45, 2.75) is 23.9 Å². The average Bonchev–Trinajstić information content (AvgIpc) is 2.66. The van der Waals surface area contributed by atoms with Crippen molar-refractivity contribution in [1.82, 2.24) is 0 Å². The van der Waals surface area contributed by atoms with E-state index in [-0.39, 0.29) is 22.7 Å². The van der Waals surface area contributed by atoms with Crippen molar-refractivity contribution in [3.8, 4) is 0 Å². The molecule has 0 atom stereocenters. The minimum Gasteiger partial charge on any atom is -0.478 e. The number of fused-ring (bicyclic) bond motifs is 1. The van der Waals surface area contributed by atoms with Crippen LogP contribution in [-0.2, 0) is 21.2 Å². The second kappa shape index (κ2) is 7.39. The Morgan fingerprint density at radius 3 is 2.31 bits per heavy atom. The molecule has 0 aliphatic carbocycles. The molecule has 0 saturated carbocycles. The Labute approximate surface area is 163 Å². The van der Waals surface area contributed by atoms with Gasteiger partial charge in [0.1, 0.15) is 0 Å². The SMILES string of the molecule is O=C(O)c1ccc2c(c1)CCCN2S(=O)(=O)c1ccc(NC(=O)C(F)(F)F)cc1. The van der Waals surface area contributed by atoms with E-state index in [4.69, 9.17) is 5.11 Å². The summed E-state index contributed by atoms with van der Waals surface area (Å²) in [5.41, 5.74) is 0.786. The predicted octanol–water partition coefficient (Wildman–Crippen LogP) is 3.03. The number of hydrogen-bond acceptors (Lipinski definition) is 4. The molecule has 1 aliphatic rings. The predicted molar refractivity (Wildman–Crippen MR) is 97.4 cm³/mol. The first-order chi connectivity index (χ1) is 13.5. The molecule has 0 fully saturated rings. The van der Waals surface area contributed by atoms with Crippen LogP contribution in [0.3, 0.4) is 0 Å². The fourth-order valence-corrected chi connectivity index (χ4v) is 4.53. The summed E-state index contributed by atoms with van der Waals surface area (Å²) in [6.45, 7) is 0.175. The number of carboxylic acid groups (broad SMARTS) is 1. The average molecular weight is 428 g/mol. The van der Waals surface area contributed by atoms with Crippen molar-refractivity contribution in [3.63, 3.8) is 0 Å². The third-order valence-electron chi connectivity index (χ3n) is 4.36. The molecule has 11 heteroatoms. The molecule has 29 heavy (non-hydrogen) atoms. The van der Waals surface area contributed by atoms with Gasteiger partial charge in [-0.2, -0.15) is 13.2 Å². The summed E-state index contributed by atoms with van der Waals surface area (Å²) >= 11 is 0. The van der Waals surface area contributed by atoms with E-state index in [1.807, 2.05) is 0 Å². The molecule has 1 aliphatic heterocycles. The first-order valence-corrected chi connectivity index (χ1v) is 9.81. The van der Waals surface area contributed by atoms with Crippen LogP contribution in [0.15, 0.2) is 47.4 Å². The maximum Gasteiger partial charge on any atom is 0.471 e. The van der Waals surface area contributed by atoms with Crippen LogP contribution in [0.5, 0.6) is 0 Å². The van der Waals surface area contributed by atoms with Crippen molar-refractivity contribution in [2.75, 3.05) is 16.2 Å². The molecule has 2 aromatic rings. The highest BCUT2D eigenvalue weighted by Gasteiger charge is 2.38. The molecular weight excluding hydrogens is 413 g/mol. The molecule has 154 valence electrons. The fourth-order valence-electron chi connectivity index (χ4n) is 2.98. The van der Waals surface area contributed by atoms with E-state index >= 15 is 0 Å². The molecule has 0 spiro atoms. The minimum absolute atomic E-state index is 0.0488. The molecule has 2 aromatic carbocycles. The first kappa shape index (κ1) is 20.6. The van der Waals surface area contributed by atoms with Gasteiger partial charge in [-0.1, -0.05) is 0 Å². The van der Waals surface area contributed by atoms with Gasteiger partial charge in [0.05, 0.1) is 16.1 Å². The summed E-state index contributed by atoms with van der Waals surface area (Å²) in [7, 11) is -4.03. The molecule has 3 rings (SSSR count). The number of carboxylic acids is 1. The quantitative estimate of drug-likeness (QED) is 0.779. The number of amides is 1. The number of nitrogens with one attached hydrogen (secondary N) is 1. The minimum atomic E-state index is -5.06. The van der Waals surface area contributed by atoms with E-state index in [9.17, 15) is 31.2 Å². The maximum absolute atomic E-state index is 13.0. The normalized spacial score (nSPS) is 14.2.